The maximum atomic E-state index is 12.5. The lowest BCUT2D eigenvalue weighted by molar-refractivity contribution is -0.119. The molecule has 8 nitrogen and oxygen atoms in total. The summed E-state index contributed by atoms with van der Waals surface area (Å²) in [4.78, 5) is 24.9. The van der Waals surface area contributed by atoms with Crippen molar-refractivity contribution in [2.24, 2.45) is 5.92 Å². The summed E-state index contributed by atoms with van der Waals surface area (Å²) >= 11 is 0. The Balaban J connectivity index is 1.12. The molecule has 2 aromatic rings. The minimum atomic E-state index is -0.216. The van der Waals surface area contributed by atoms with Gasteiger partial charge in [0.2, 0.25) is 11.8 Å². The maximum Gasteiger partial charge on any atom is 0.244 e. The molecule has 1 saturated carbocycles. The van der Waals surface area contributed by atoms with Gasteiger partial charge in [0.15, 0.2) is 23.0 Å². The number of carbonyl (C=O) groups excluding carboxylic acids is 2. The average Bonchev–Trinajstić information content (AvgIpc) is 3.74. The molecule has 5 rings (SSSR count). The highest BCUT2D eigenvalue weighted by molar-refractivity contribution is 5.93. The molecule has 2 aromatic carbocycles. The fourth-order valence-corrected chi connectivity index (χ4v) is 4.01. The zero-order valence-electron chi connectivity index (χ0n) is 19.3. The van der Waals surface area contributed by atoms with Crippen LogP contribution in [0.15, 0.2) is 48.6 Å². The first kappa shape index (κ1) is 22.8. The largest absolute Gasteiger partial charge is 0.486 e. The highest BCUT2D eigenvalue weighted by Gasteiger charge is 2.32. The van der Waals surface area contributed by atoms with Crippen LogP contribution in [0.4, 0.5) is 0 Å². The summed E-state index contributed by atoms with van der Waals surface area (Å²) in [5, 5.41) is 5.92. The van der Waals surface area contributed by atoms with E-state index in [1.165, 1.54) is 12.2 Å². The molecular weight excluding hydrogens is 448 g/mol. The van der Waals surface area contributed by atoms with Gasteiger partial charge in [0.05, 0.1) is 0 Å². The Kier molecular flexibility index (Phi) is 6.88. The molecule has 2 heterocycles. The van der Waals surface area contributed by atoms with Crippen LogP contribution < -0.4 is 29.6 Å². The first-order chi connectivity index (χ1) is 17.1. The number of ether oxygens (including phenoxy) is 4. The summed E-state index contributed by atoms with van der Waals surface area (Å²) in [7, 11) is 0. The van der Waals surface area contributed by atoms with Gasteiger partial charge < -0.3 is 29.6 Å². The smallest absolute Gasteiger partial charge is 0.244 e. The summed E-state index contributed by atoms with van der Waals surface area (Å²) in [5.41, 5.74) is 1.70. The molecule has 3 aliphatic rings. The van der Waals surface area contributed by atoms with Crippen LogP contribution >= 0.6 is 0 Å². The van der Waals surface area contributed by atoms with Crippen molar-refractivity contribution in [1.29, 1.82) is 0 Å². The van der Waals surface area contributed by atoms with Crippen LogP contribution in [-0.2, 0) is 9.59 Å². The van der Waals surface area contributed by atoms with Crippen molar-refractivity contribution in [1.82, 2.24) is 10.6 Å². The molecule has 0 aromatic heterocycles. The molecule has 0 radical (unpaired) electrons. The molecule has 0 saturated heterocycles. The van der Waals surface area contributed by atoms with Gasteiger partial charge in [-0.15, -0.1) is 0 Å². The third-order valence-electron chi connectivity index (χ3n) is 6.00. The Morgan fingerprint density at radius 3 is 1.83 bits per heavy atom. The van der Waals surface area contributed by atoms with E-state index in [2.05, 4.69) is 10.6 Å². The topological polar surface area (TPSA) is 95.1 Å². The Labute approximate surface area is 203 Å². The third kappa shape index (κ3) is 6.15. The van der Waals surface area contributed by atoms with Crippen molar-refractivity contribution in [3.05, 3.63) is 59.7 Å². The van der Waals surface area contributed by atoms with Crippen LogP contribution in [0.25, 0.3) is 12.2 Å². The minimum absolute atomic E-state index is 0.112. The van der Waals surface area contributed by atoms with Crippen molar-refractivity contribution < 1.29 is 28.5 Å². The number of nitrogens with one attached hydrogen (secondary N) is 2. The van der Waals surface area contributed by atoms with Crippen LogP contribution in [0.2, 0.25) is 0 Å². The summed E-state index contributed by atoms with van der Waals surface area (Å²) in [6.45, 7) is 2.48. The minimum Gasteiger partial charge on any atom is -0.486 e. The lowest BCUT2D eigenvalue weighted by Crippen LogP contribution is -2.44. The molecule has 2 aliphatic heterocycles. The Morgan fingerprint density at radius 2 is 1.29 bits per heavy atom. The van der Waals surface area contributed by atoms with Crippen LogP contribution in [0.3, 0.4) is 0 Å². The first-order valence-electron chi connectivity index (χ1n) is 11.9. The van der Waals surface area contributed by atoms with E-state index >= 15 is 0 Å². The molecule has 182 valence electrons. The van der Waals surface area contributed by atoms with E-state index in [-0.39, 0.29) is 17.9 Å². The number of hydrogen-bond acceptors (Lipinski definition) is 6. The number of rotatable bonds is 8. The summed E-state index contributed by atoms with van der Waals surface area (Å²) in [5.74, 6) is 2.75. The lowest BCUT2D eigenvalue weighted by Gasteiger charge is -2.18. The molecule has 2 N–H and O–H groups in total. The highest BCUT2D eigenvalue weighted by atomic mass is 16.6. The summed E-state index contributed by atoms with van der Waals surface area (Å²) in [6.07, 6.45) is 8.55. The van der Waals surface area contributed by atoms with E-state index in [1.54, 1.807) is 12.2 Å². The second-order valence-electron chi connectivity index (χ2n) is 8.67. The van der Waals surface area contributed by atoms with Crippen molar-refractivity contribution in [3.63, 3.8) is 0 Å². The number of hydrogen-bond donors (Lipinski definition) is 2. The van der Waals surface area contributed by atoms with E-state index < -0.39 is 0 Å². The zero-order valence-corrected chi connectivity index (χ0v) is 19.3. The first-order valence-corrected chi connectivity index (χ1v) is 11.9. The van der Waals surface area contributed by atoms with Gasteiger partial charge in [0, 0.05) is 24.7 Å². The van der Waals surface area contributed by atoms with Gasteiger partial charge in [-0.2, -0.15) is 0 Å². The molecule has 0 spiro atoms. The summed E-state index contributed by atoms with van der Waals surface area (Å²) in [6, 6.07) is 11.0. The van der Waals surface area contributed by atoms with E-state index in [0.717, 1.165) is 24.0 Å². The molecule has 1 atom stereocenters. The molecule has 35 heavy (non-hydrogen) atoms. The van der Waals surface area contributed by atoms with Gasteiger partial charge in [-0.25, -0.2) is 0 Å². The monoisotopic (exact) mass is 476 g/mol. The van der Waals surface area contributed by atoms with Gasteiger partial charge >= 0.3 is 0 Å². The Hall–Kier alpha value is -3.94. The second kappa shape index (κ2) is 10.5. The average molecular weight is 477 g/mol. The fourth-order valence-electron chi connectivity index (χ4n) is 4.01. The predicted octanol–water partition coefficient (Wildman–Crippen LogP) is 2.97. The van der Waals surface area contributed by atoms with Gasteiger partial charge in [-0.3, -0.25) is 9.59 Å². The molecule has 1 fully saturated rings. The molecular formula is C27H28N2O6. The predicted molar refractivity (Wildman–Crippen MR) is 131 cm³/mol. The van der Waals surface area contributed by atoms with Crippen molar-refractivity contribution in [2.45, 2.75) is 18.9 Å². The molecule has 8 heteroatoms. The van der Waals surface area contributed by atoms with Crippen LogP contribution in [0.5, 0.6) is 23.0 Å². The normalized spacial score (nSPS) is 17.3. The van der Waals surface area contributed by atoms with Gasteiger partial charge in [-0.05, 0) is 66.3 Å². The van der Waals surface area contributed by atoms with Crippen LogP contribution in [0.1, 0.15) is 24.0 Å². The standard InChI is InChI=1S/C27H28N2O6/c30-26(9-3-18-1-7-22-24(15-18)34-13-11-32-22)28-17-21(20-5-6-20)29-27(31)10-4-19-2-8-23-25(16-19)35-14-12-33-23/h1-4,7-10,15-16,20-21H,5-6,11-14,17H2,(H,28,30)(H,29,31)/b9-3+,10-4+. The van der Waals surface area contributed by atoms with Gasteiger partial charge in [-0.1, -0.05) is 12.1 Å². The van der Waals surface area contributed by atoms with Gasteiger partial charge in [0.25, 0.3) is 0 Å². The quantitative estimate of drug-likeness (QED) is 0.569. The van der Waals surface area contributed by atoms with Gasteiger partial charge in [0.1, 0.15) is 26.4 Å². The number of benzene rings is 2. The SMILES string of the molecule is O=C(/C=C/c1ccc2c(c1)OCCO2)NCC(NC(=O)/C=C/c1ccc2c(c1)OCCO2)C1CC1. The zero-order chi connectivity index (χ0) is 24.0. The number of amides is 2. The third-order valence-corrected chi connectivity index (χ3v) is 6.00. The van der Waals surface area contributed by atoms with E-state index in [4.69, 9.17) is 18.9 Å². The Bertz CT molecular complexity index is 1150. The lowest BCUT2D eigenvalue weighted by atomic mass is 10.1. The Morgan fingerprint density at radius 1 is 0.771 bits per heavy atom. The van der Waals surface area contributed by atoms with E-state index in [0.29, 0.717) is 61.9 Å². The number of fused-ring (bicyclic) bond motifs is 2. The van der Waals surface area contributed by atoms with E-state index in [9.17, 15) is 9.59 Å². The fraction of sp³-hybridized carbons (Fsp3) is 0.333. The molecule has 1 aliphatic carbocycles. The second-order valence-corrected chi connectivity index (χ2v) is 8.67. The van der Waals surface area contributed by atoms with Crippen molar-refractivity contribution in [2.75, 3.05) is 33.0 Å². The van der Waals surface area contributed by atoms with Crippen molar-refractivity contribution in [3.8, 4) is 23.0 Å². The molecule has 0 bridgehead atoms. The van der Waals surface area contributed by atoms with Crippen LogP contribution in [0, 0.1) is 5.92 Å². The number of carbonyl (C=O) groups is 2. The highest BCUT2D eigenvalue weighted by Crippen LogP contribution is 2.33. The molecule has 2 amide bonds. The molecule has 1 unspecified atom stereocenters. The maximum absolute atomic E-state index is 12.5. The van der Waals surface area contributed by atoms with Crippen LogP contribution in [-0.4, -0.2) is 50.8 Å². The van der Waals surface area contributed by atoms with Crippen molar-refractivity contribution >= 4 is 24.0 Å². The summed E-state index contributed by atoms with van der Waals surface area (Å²) < 4.78 is 22.2. The van der Waals surface area contributed by atoms with E-state index in [1.807, 2.05) is 36.4 Å².